The third-order valence-corrected chi connectivity index (χ3v) is 7.34. The second kappa shape index (κ2) is 11.9. The van der Waals surface area contributed by atoms with Gasteiger partial charge < -0.3 is 25.8 Å². The molecule has 0 unspecified atom stereocenters. The number of likely N-dealkylation sites (tertiary alicyclic amines) is 1. The number of hydrogen-bond acceptors (Lipinski definition) is 9. The number of ether oxygens (including phenoxy) is 1. The lowest BCUT2D eigenvalue weighted by atomic mass is 9.94. The predicted molar refractivity (Wildman–Crippen MR) is 150 cm³/mol. The van der Waals surface area contributed by atoms with Crippen molar-refractivity contribution < 1.29 is 14.6 Å². The lowest BCUT2D eigenvalue weighted by molar-refractivity contribution is 0.0426. The third kappa shape index (κ3) is 5.64. The number of hydrogen-bond donors (Lipinski definition) is 3. The zero-order valence-electron chi connectivity index (χ0n) is 22.5. The van der Waals surface area contributed by atoms with E-state index < -0.39 is 0 Å². The first-order valence-corrected chi connectivity index (χ1v) is 13.5. The number of nitrogen functional groups attached to an aromatic ring is 1. The summed E-state index contributed by atoms with van der Waals surface area (Å²) in [5.41, 5.74) is 9.71. The molecule has 11 nitrogen and oxygen atoms in total. The number of anilines is 2. The maximum Gasteiger partial charge on any atom is 0.254 e. The predicted octanol–water partition coefficient (Wildman–Crippen LogP) is 3.08. The largest absolute Gasteiger partial charge is 0.396 e. The minimum atomic E-state index is 0.0268. The zero-order chi connectivity index (χ0) is 27.4. The Morgan fingerprint density at radius 2 is 2.10 bits per heavy atom. The number of methoxy groups -OCH3 is 1. The summed E-state index contributed by atoms with van der Waals surface area (Å²) >= 11 is 0. The van der Waals surface area contributed by atoms with Crippen LogP contribution < -0.4 is 11.1 Å². The van der Waals surface area contributed by atoms with Gasteiger partial charge in [-0.2, -0.15) is 10.1 Å². The van der Waals surface area contributed by atoms with Gasteiger partial charge in [0.25, 0.3) is 5.91 Å². The van der Waals surface area contributed by atoms with E-state index in [2.05, 4.69) is 32.3 Å². The second-order valence-electron chi connectivity index (χ2n) is 10.1. The summed E-state index contributed by atoms with van der Waals surface area (Å²) in [6, 6.07) is 7.70. The molecule has 4 heterocycles. The Morgan fingerprint density at radius 3 is 2.87 bits per heavy atom. The van der Waals surface area contributed by atoms with E-state index in [1.54, 1.807) is 19.5 Å². The van der Waals surface area contributed by atoms with Crippen molar-refractivity contribution in [2.75, 3.05) is 44.5 Å². The van der Waals surface area contributed by atoms with Crippen LogP contribution in [0.4, 0.5) is 11.8 Å². The van der Waals surface area contributed by atoms with Gasteiger partial charge in [0.05, 0.1) is 18.3 Å². The first-order chi connectivity index (χ1) is 19.0. The van der Waals surface area contributed by atoms with Gasteiger partial charge in [0.2, 0.25) is 5.95 Å². The smallest absolute Gasteiger partial charge is 0.254 e. The van der Waals surface area contributed by atoms with Crippen LogP contribution in [0.15, 0.2) is 36.7 Å². The molecule has 0 saturated carbocycles. The molecule has 3 aromatic heterocycles. The molecule has 0 spiro atoms. The quantitative estimate of drug-likeness (QED) is 0.251. The highest BCUT2D eigenvalue weighted by atomic mass is 16.5. The maximum atomic E-state index is 13.3. The number of benzene rings is 1. The third-order valence-electron chi connectivity index (χ3n) is 7.34. The second-order valence-corrected chi connectivity index (χ2v) is 10.1. The fourth-order valence-corrected chi connectivity index (χ4v) is 5.30. The molecule has 1 fully saturated rings. The van der Waals surface area contributed by atoms with E-state index in [-0.39, 0.29) is 24.5 Å². The number of amides is 1. The molecular weight excluding hydrogens is 496 g/mol. The molecule has 1 aromatic carbocycles. The Morgan fingerprint density at radius 1 is 1.26 bits per heavy atom. The van der Waals surface area contributed by atoms with Crippen LogP contribution in [0.25, 0.3) is 21.9 Å². The average molecular weight is 533 g/mol. The number of fused-ring (bicyclic) bond motifs is 2. The standard InChI is InChI=1S/C28H36N8O3/c1-3-5-20(9-12-37)32-26-25-23(33-28(29)34-26)14-31-36(25)17-19-7-8-22(21-6-4-11-30-24(19)21)27(38)35-15-18(16-35)10-13-39-2/h4,6-8,11,14,18,20,37H,3,5,9-10,12-13,15-17H2,1-2H3,(H3,29,32,33,34)/t20-/m0/s1. The van der Waals surface area contributed by atoms with Crippen molar-refractivity contribution in [2.45, 2.75) is 45.2 Å². The van der Waals surface area contributed by atoms with Crippen LogP contribution in [0, 0.1) is 5.92 Å². The van der Waals surface area contributed by atoms with E-state index >= 15 is 0 Å². The van der Waals surface area contributed by atoms with Gasteiger partial charge in [-0.15, -0.1) is 0 Å². The van der Waals surface area contributed by atoms with Crippen LogP contribution in [0.3, 0.4) is 0 Å². The Labute approximate surface area is 227 Å². The van der Waals surface area contributed by atoms with Gasteiger partial charge in [0.1, 0.15) is 11.0 Å². The SMILES string of the molecule is CCC[C@@H](CCO)Nc1nc(N)nc2cnn(Cc3ccc(C(=O)N4CC(CCOC)C4)c4cccnc34)c12. The molecule has 1 aliphatic rings. The van der Waals surface area contributed by atoms with E-state index in [9.17, 15) is 9.90 Å². The fourth-order valence-electron chi connectivity index (χ4n) is 5.30. The number of nitrogens with two attached hydrogens (primary N) is 1. The number of aromatic nitrogens is 5. The average Bonchev–Trinajstić information content (AvgIpc) is 3.30. The fraction of sp³-hybridized carbons (Fsp3) is 0.464. The number of rotatable bonds is 12. The van der Waals surface area contributed by atoms with Gasteiger partial charge in [-0.05, 0) is 42.9 Å². The van der Waals surface area contributed by atoms with E-state index in [0.29, 0.717) is 42.4 Å². The lowest BCUT2D eigenvalue weighted by Gasteiger charge is -2.39. The summed E-state index contributed by atoms with van der Waals surface area (Å²) in [4.78, 5) is 28.7. The van der Waals surface area contributed by atoms with E-state index in [1.807, 2.05) is 33.8 Å². The minimum Gasteiger partial charge on any atom is -0.396 e. The van der Waals surface area contributed by atoms with Crippen molar-refractivity contribution in [1.82, 2.24) is 29.6 Å². The summed E-state index contributed by atoms with van der Waals surface area (Å²) in [5, 5.41) is 18.4. The Kier molecular flexibility index (Phi) is 8.18. The number of pyridine rings is 1. The topological polar surface area (TPSA) is 144 Å². The number of nitrogens with one attached hydrogen (secondary N) is 1. The van der Waals surface area contributed by atoms with Crippen molar-refractivity contribution in [1.29, 1.82) is 0 Å². The molecule has 4 N–H and O–H groups in total. The van der Waals surface area contributed by atoms with E-state index in [4.69, 9.17) is 10.5 Å². The van der Waals surface area contributed by atoms with Crippen molar-refractivity contribution >= 4 is 39.6 Å². The number of carbonyl (C=O) groups is 1. The summed E-state index contributed by atoms with van der Waals surface area (Å²) in [6.07, 6.45) is 6.83. The van der Waals surface area contributed by atoms with Crippen molar-refractivity contribution in [3.63, 3.8) is 0 Å². The number of aliphatic hydroxyl groups is 1. The van der Waals surface area contributed by atoms with Crippen molar-refractivity contribution in [3.05, 3.63) is 47.8 Å². The first kappa shape index (κ1) is 26.8. The highest BCUT2D eigenvalue weighted by Gasteiger charge is 2.31. The normalized spacial score (nSPS) is 14.6. The van der Waals surface area contributed by atoms with Crippen LogP contribution in [0.1, 0.15) is 48.5 Å². The molecule has 1 saturated heterocycles. The summed E-state index contributed by atoms with van der Waals surface area (Å²) in [5.74, 6) is 1.26. The number of aliphatic hydroxyl groups excluding tert-OH is 1. The molecule has 1 aliphatic heterocycles. The molecule has 0 radical (unpaired) electrons. The highest BCUT2D eigenvalue weighted by molar-refractivity contribution is 6.07. The van der Waals surface area contributed by atoms with Crippen molar-refractivity contribution in [2.24, 2.45) is 5.92 Å². The molecule has 5 rings (SSSR count). The zero-order valence-corrected chi connectivity index (χ0v) is 22.5. The monoisotopic (exact) mass is 532 g/mol. The van der Waals surface area contributed by atoms with Crippen LogP contribution in [-0.4, -0.2) is 80.1 Å². The molecule has 1 amide bonds. The molecule has 39 heavy (non-hydrogen) atoms. The van der Waals surface area contributed by atoms with Gasteiger partial charge in [-0.1, -0.05) is 25.5 Å². The van der Waals surface area contributed by atoms with Gasteiger partial charge in [0, 0.05) is 56.6 Å². The van der Waals surface area contributed by atoms with Crippen LogP contribution in [0.2, 0.25) is 0 Å². The van der Waals surface area contributed by atoms with Crippen molar-refractivity contribution in [3.8, 4) is 0 Å². The van der Waals surface area contributed by atoms with E-state index in [1.165, 1.54) is 0 Å². The highest BCUT2D eigenvalue weighted by Crippen LogP contribution is 2.29. The van der Waals surface area contributed by atoms with Gasteiger partial charge in [0.15, 0.2) is 5.82 Å². The molecular formula is C28H36N8O3. The Balaban J connectivity index is 1.45. The van der Waals surface area contributed by atoms with Crippen LogP contribution in [0.5, 0.6) is 0 Å². The van der Waals surface area contributed by atoms with E-state index in [0.717, 1.165) is 54.3 Å². The molecule has 0 aliphatic carbocycles. The Bertz CT molecular complexity index is 1440. The summed E-state index contributed by atoms with van der Waals surface area (Å²) in [6.45, 7) is 4.81. The summed E-state index contributed by atoms with van der Waals surface area (Å²) in [7, 11) is 1.70. The lowest BCUT2D eigenvalue weighted by Crippen LogP contribution is -2.50. The molecule has 1 atom stereocenters. The van der Waals surface area contributed by atoms with Crippen LogP contribution >= 0.6 is 0 Å². The number of nitrogens with zero attached hydrogens (tertiary/aromatic N) is 6. The summed E-state index contributed by atoms with van der Waals surface area (Å²) < 4.78 is 7.01. The van der Waals surface area contributed by atoms with Gasteiger partial charge >= 0.3 is 0 Å². The van der Waals surface area contributed by atoms with Gasteiger partial charge in [-0.3, -0.25) is 14.5 Å². The molecule has 0 bridgehead atoms. The first-order valence-electron chi connectivity index (χ1n) is 13.5. The Hall–Kier alpha value is -3.83. The maximum absolute atomic E-state index is 13.3. The molecule has 206 valence electrons. The van der Waals surface area contributed by atoms with Gasteiger partial charge in [-0.25, -0.2) is 4.98 Å². The molecule has 11 heteroatoms. The van der Waals surface area contributed by atoms with Crippen LogP contribution in [-0.2, 0) is 11.3 Å². The molecule has 4 aromatic rings. The number of carbonyl (C=O) groups excluding carboxylic acids is 1. The minimum absolute atomic E-state index is 0.0268.